The standard InChI is InChI=1S/C19H33N3O3S.ClH/c1-6-12-22(13-7-2)26(24,25)17-10-8-16(9-11-17)18(23)21-19(5,14-20)15(3)4;/h8-11,15H,6-7,12-14,20H2,1-5H3,(H,21,23);1H. The van der Waals surface area contributed by atoms with Crippen LogP contribution in [0.4, 0.5) is 0 Å². The molecule has 0 spiro atoms. The summed E-state index contributed by atoms with van der Waals surface area (Å²) in [5, 5.41) is 2.96. The van der Waals surface area contributed by atoms with Gasteiger partial charge in [-0.3, -0.25) is 4.79 Å². The van der Waals surface area contributed by atoms with Crippen LogP contribution >= 0.6 is 12.4 Å². The van der Waals surface area contributed by atoms with Gasteiger partial charge >= 0.3 is 0 Å². The van der Waals surface area contributed by atoms with Crippen molar-refractivity contribution in [3.63, 3.8) is 0 Å². The molecule has 0 fully saturated rings. The van der Waals surface area contributed by atoms with Crippen molar-refractivity contribution in [2.75, 3.05) is 19.6 Å². The highest BCUT2D eigenvalue weighted by Gasteiger charge is 2.29. The highest BCUT2D eigenvalue weighted by Crippen LogP contribution is 2.19. The van der Waals surface area contributed by atoms with Crippen LogP contribution in [0.5, 0.6) is 0 Å². The Hall–Kier alpha value is -1.15. The summed E-state index contributed by atoms with van der Waals surface area (Å²) in [7, 11) is -3.54. The lowest BCUT2D eigenvalue weighted by atomic mass is 9.88. The molecule has 0 radical (unpaired) electrons. The summed E-state index contributed by atoms with van der Waals surface area (Å²) < 4.78 is 27.0. The number of hydrogen-bond donors (Lipinski definition) is 2. The molecule has 1 rings (SSSR count). The molecule has 6 nitrogen and oxygen atoms in total. The normalized spacial score (nSPS) is 13.9. The van der Waals surface area contributed by atoms with E-state index in [1.54, 1.807) is 12.1 Å². The third-order valence-corrected chi connectivity index (χ3v) is 6.71. The molecule has 156 valence electrons. The molecule has 0 saturated heterocycles. The van der Waals surface area contributed by atoms with Gasteiger partial charge in [0.15, 0.2) is 0 Å². The van der Waals surface area contributed by atoms with E-state index in [0.717, 1.165) is 12.8 Å². The van der Waals surface area contributed by atoms with Gasteiger partial charge in [-0.15, -0.1) is 12.4 Å². The van der Waals surface area contributed by atoms with Gasteiger partial charge in [-0.1, -0.05) is 27.7 Å². The fourth-order valence-corrected chi connectivity index (χ4v) is 4.16. The summed E-state index contributed by atoms with van der Waals surface area (Å²) in [6.45, 7) is 11.1. The van der Waals surface area contributed by atoms with E-state index in [4.69, 9.17) is 5.73 Å². The number of halogens is 1. The van der Waals surface area contributed by atoms with Gasteiger partial charge in [-0.2, -0.15) is 4.31 Å². The zero-order valence-electron chi connectivity index (χ0n) is 17.0. The minimum absolute atomic E-state index is 0. The lowest BCUT2D eigenvalue weighted by Gasteiger charge is -2.33. The lowest BCUT2D eigenvalue weighted by molar-refractivity contribution is 0.0883. The molecular formula is C19H34ClN3O3S. The Morgan fingerprint density at radius 1 is 1.15 bits per heavy atom. The number of carbonyl (C=O) groups is 1. The summed E-state index contributed by atoms with van der Waals surface area (Å²) in [4.78, 5) is 12.7. The summed E-state index contributed by atoms with van der Waals surface area (Å²) in [6.07, 6.45) is 1.51. The first-order valence-corrected chi connectivity index (χ1v) is 10.7. The fraction of sp³-hybridized carbons (Fsp3) is 0.632. The van der Waals surface area contributed by atoms with E-state index < -0.39 is 15.6 Å². The summed E-state index contributed by atoms with van der Waals surface area (Å²) in [5.41, 5.74) is 5.71. The molecule has 1 aromatic rings. The van der Waals surface area contributed by atoms with Gasteiger partial charge in [0.1, 0.15) is 0 Å². The zero-order valence-corrected chi connectivity index (χ0v) is 18.6. The van der Waals surface area contributed by atoms with E-state index in [1.807, 2.05) is 34.6 Å². The van der Waals surface area contributed by atoms with Crippen LogP contribution in [0.25, 0.3) is 0 Å². The van der Waals surface area contributed by atoms with Crippen molar-refractivity contribution in [1.82, 2.24) is 9.62 Å². The molecule has 0 aliphatic heterocycles. The molecule has 27 heavy (non-hydrogen) atoms. The Balaban J connectivity index is 0.00000676. The van der Waals surface area contributed by atoms with Crippen molar-refractivity contribution in [2.24, 2.45) is 11.7 Å². The van der Waals surface area contributed by atoms with E-state index in [1.165, 1.54) is 16.4 Å². The molecule has 0 bridgehead atoms. The second kappa shape index (κ2) is 11.0. The van der Waals surface area contributed by atoms with Crippen LogP contribution in [0.15, 0.2) is 29.2 Å². The summed E-state index contributed by atoms with van der Waals surface area (Å²) >= 11 is 0. The molecular weight excluding hydrogens is 386 g/mol. The Morgan fingerprint density at radius 2 is 1.63 bits per heavy atom. The summed E-state index contributed by atoms with van der Waals surface area (Å²) in [6, 6.07) is 6.10. The van der Waals surface area contributed by atoms with Gasteiger partial charge in [-0.25, -0.2) is 8.42 Å². The maximum Gasteiger partial charge on any atom is 0.251 e. The Kier molecular flexibility index (Phi) is 10.5. The molecule has 0 heterocycles. The second-order valence-corrected chi connectivity index (χ2v) is 9.10. The second-order valence-electron chi connectivity index (χ2n) is 7.16. The molecule has 1 atom stereocenters. The minimum atomic E-state index is -3.54. The lowest BCUT2D eigenvalue weighted by Crippen LogP contribution is -2.55. The van der Waals surface area contributed by atoms with Crippen LogP contribution in [0, 0.1) is 5.92 Å². The Labute approximate surface area is 170 Å². The first-order chi connectivity index (χ1) is 12.1. The first kappa shape index (κ1) is 25.9. The maximum atomic E-state index is 12.8. The highest BCUT2D eigenvalue weighted by atomic mass is 35.5. The van der Waals surface area contributed by atoms with Gasteiger partial charge < -0.3 is 11.1 Å². The average molecular weight is 420 g/mol. The number of nitrogens with two attached hydrogens (primary N) is 1. The molecule has 0 aliphatic rings. The third kappa shape index (κ3) is 6.45. The van der Waals surface area contributed by atoms with Gasteiger partial charge in [-0.05, 0) is 49.9 Å². The van der Waals surface area contributed by atoms with Gasteiger partial charge in [0.05, 0.1) is 10.4 Å². The predicted octanol–water partition coefficient (Wildman–Crippen LogP) is 3.02. The van der Waals surface area contributed by atoms with Crippen molar-refractivity contribution >= 4 is 28.3 Å². The first-order valence-electron chi connectivity index (χ1n) is 9.25. The van der Waals surface area contributed by atoms with E-state index in [9.17, 15) is 13.2 Å². The van der Waals surface area contributed by atoms with Crippen molar-refractivity contribution in [2.45, 2.75) is 57.9 Å². The minimum Gasteiger partial charge on any atom is -0.345 e. The van der Waals surface area contributed by atoms with Crippen molar-refractivity contribution < 1.29 is 13.2 Å². The maximum absolute atomic E-state index is 12.8. The van der Waals surface area contributed by atoms with Crippen LogP contribution in [0.1, 0.15) is 57.8 Å². The molecule has 0 aliphatic carbocycles. The Bertz CT molecular complexity index is 687. The fourth-order valence-electron chi connectivity index (χ4n) is 2.54. The Morgan fingerprint density at radius 3 is 2.00 bits per heavy atom. The number of carbonyl (C=O) groups excluding carboxylic acids is 1. The van der Waals surface area contributed by atoms with Gasteiger partial charge in [0, 0.05) is 25.2 Å². The highest BCUT2D eigenvalue weighted by molar-refractivity contribution is 7.89. The molecule has 1 unspecified atom stereocenters. The predicted molar refractivity (Wildman–Crippen MR) is 113 cm³/mol. The smallest absolute Gasteiger partial charge is 0.251 e. The van der Waals surface area contributed by atoms with Crippen LogP contribution in [-0.4, -0.2) is 43.8 Å². The molecule has 0 aromatic heterocycles. The van der Waals surface area contributed by atoms with E-state index in [-0.39, 0.29) is 29.1 Å². The average Bonchev–Trinajstić information content (AvgIpc) is 2.61. The number of sulfonamides is 1. The molecule has 0 saturated carbocycles. The van der Waals surface area contributed by atoms with Crippen LogP contribution < -0.4 is 11.1 Å². The van der Waals surface area contributed by atoms with Crippen LogP contribution in [0.3, 0.4) is 0 Å². The SMILES string of the molecule is CCCN(CCC)S(=O)(=O)c1ccc(C(=O)NC(C)(CN)C(C)C)cc1.Cl. The molecule has 3 N–H and O–H groups in total. The molecule has 1 aromatic carbocycles. The quantitative estimate of drug-likeness (QED) is 0.609. The number of nitrogens with zero attached hydrogens (tertiary/aromatic N) is 1. The number of nitrogens with one attached hydrogen (secondary N) is 1. The monoisotopic (exact) mass is 419 g/mol. The van der Waals surface area contributed by atoms with E-state index >= 15 is 0 Å². The van der Waals surface area contributed by atoms with Crippen LogP contribution in [0.2, 0.25) is 0 Å². The summed E-state index contributed by atoms with van der Waals surface area (Å²) in [5.74, 6) is -0.0812. The number of amides is 1. The van der Waals surface area contributed by atoms with Crippen molar-refractivity contribution in [3.8, 4) is 0 Å². The van der Waals surface area contributed by atoms with E-state index in [2.05, 4.69) is 5.32 Å². The molecule has 8 heteroatoms. The van der Waals surface area contributed by atoms with Crippen molar-refractivity contribution in [1.29, 1.82) is 0 Å². The van der Waals surface area contributed by atoms with Gasteiger partial charge in [0.25, 0.3) is 5.91 Å². The van der Waals surface area contributed by atoms with Crippen LogP contribution in [-0.2, 0) is 10.0 Å². The molecule has 1 amide bonds. The topological polar surface area (TPSA) is 92.5 Å². The number of benzene rings is 1. The number of hydrogen-bond acceptors (Lipinski definition) is 4. The zero-order chi connectivity index (χ0) is 20.0. The van der Waals surface area contributed by atoms with E-state index in [0.29, 0.717) is 25.2 Å². The van der Waals surface area contributed by atoms with Gasteiger partial charge in [0.2, 0.25) is 10.0 Å². The third-order valence-electron chi connectivity index (χ3n) is 4.80. The van der Waals surface area contributed by atoms with Crippen molar-refractivity contribution in [3.05, 3.63) is 29.8 Å². The largest absolute Gasteiger partial charge is 0.345 e. The number of rotatable bonds is 10.